The van der Waals surface area contributed by atoms with Gasteiger partial charge in [0.1, 0.15) is 0 Å². The predicted molar refractivity (Wildman–Crippen MR) is 65.5 cm³/mol. The lowest BCUT2D eigenvalue weighted by Crippen LogP contribution is -2.17. The second-order valence-corrected chi connectivity index (χ2v) is 5.46. The van der Waals surface area contributed by atoms with Gasteiger partial charge in [0.2, 0.25) is 0 Å². The van der Waals surface area contributed by atoms with E-state index in [1.165, 1.54) is 30.6 Å². The lowest BCUT2D eigenvalue weighted by molar-refractivity contribution is 0.450. The molecule has 1 aliphatic carbocycles. The molecule has 2 rings (SSSR count). The highest BCUT2D eigenvalue weighted by Gasteiger charge is 2.23. The Kier molecular flexibility index (Phi) is 4.71. The molecule has 0 aliphatic heterocycles. The summed E-state index contributed by atoms with van der Waals surface area (Å²) in [7, 11) is 0. The van der Waals surface area contributed by atoms with Crippen molar-refractivity contribution in [3.8, 4) is 0 Å². The number of rotatable bonds is 2. The first kappa shape index (κ1) is 12.3. The summed E-state index contributed by atoms with van der Waals surface area (Å²) in [5.74, 6) is 0.690. The van der Waals surface area contributed by atoms with Gasteiger partial charge in [-0.2, -0.15) is 0 Å². The van der Waals surface area contributed by atoms with Crippen LogP contribution >= 0.6 is 35.3 Å². The summed E-state index contributed by atoms with van der Waals surface area (Å²) in [5, 5.41) is 0. The van der Waals surface area contributed by atoms with Gasteiger partial charge in [0.05, 0.1) is 4.34 Å². The highest BCUT2D eigenvalue weighted by molar-refractivity contribution is 7.16. The fourth-order valence-corrected chi connectivity index (χ4v) is 3.21. The molecular weight excluding hydrogens is 237 g/mol. The molecule has 0 bridgehead atoms. The third-order valence-electron chi connectivity index (χ3n) is 2.83. The van der Waals surface area contributed by atoms with E-state index in [4.69, 9.17) is 17.3 Å². The molecule has 0 amide bonds. The number of halogens is 2. The third-order valence-corrected chi connectivity index (χ3v) is 4.16. The number of nitrogens with two attached hydrogens (primary N) is 1. The maximum absolute atomic E-state index is 6.17. The van der Waals surface area contributed by atoms with Crippen LogP contribution in [0.2, 0.25) is 4.34 Å². The van der Waals surface area contributed by atoms with Crippen molar-refractivity contribution in [3.63, 3.8) is 0 Å². The van der Waals surface area contributed by atoms with Crippen LogP contribution in [-0.4, -0.2) is 0 Å². The van der Waals surface area contributed by atoms with Crippen molar-refractivity contribution in [2.45, 2.75) is 31.7 Å². The van der Waals surface area contributed by atoms with Crippen molar-refractivity contribution < 1.29 is 0 Å². The topological polar surface area (TPSA) is 26.0 Å². The lowest BCUT2D eigenvalue weighted by Gasteiger charge is -2.16. The standard InChI is InChI=1S/C10H14ClNS.ClH/c11-9-6-5-8(13-9)10(12)7-3-1-2-4-7;/h5-7,10H,1-4,12H2;1H/t10-;/m0./s1. The Balaban J connectivity index is 0.000000980. The van der Waals surface area contributed by atoms with Crippen molar-refractivity contribution in [1.29, 1.82) is 0 Å². The zero-order chi connectivity index (χ0) is 9.26. The monoisotopic (exact) mass is 251 g/mol. The summed E-state index contributed by atoms with van der Waals surface area (Å²) < 4.78 is 0.850. The molecule has 1 aromatic rings. The van der Waals surface area contributed by atoms with Gasteiger partial charge in [-0.15, -0.1) is 23.7 Å². The summed E-state index contributed by atoms with van der Waals surface area (Å²) in [5.41, 5.74) is 6.17. The molecule has 2 N–H and O–H groups in total. The van der Waals surface area contributed by atoms with Gasteiger partial charge in [-0.05, 0) is 30.9 Å². The van der Waals surface area contributed by atoms with E-state index < -0.39 is 0 Å². The molecule has 1 aromatic heterocycles. The minimum atomic E-state index is 0. The minimum absolute atomic E-state index is 0. The van der Waals surface area contributed by atoms with Crippen molar-refractivity contribution >= 4 is 35.3 Å². The molecule has 0 unspecified atom stereocenters. The Morgan fingerprint density at radius 3 is 2.50 bits per heavy atom. The summed E-state index contributed by atoms with van der Waals surface area (Å²) in [4.78, 5) is 1.25. The zero-order valence-corrected chi connectivity index (χ0v) is 10.3. The maximum Gasteiger partial charge on any atom is 0.0931 e. The van der Waals surface area contributed by atoms with Crippen LogP contribution in [0.15, 0.2) is 12.1 Å². The van der Waals surface area contributed by atoms with Crippen LogP contribution in [0.3, 0.4) is 0 Å². The largest absolute Gasteiger partial charge is 0.323 e. The molecule has 1 nitrogen and oxygen atoms in total. The Morgan fingerprint density at radius 1 is 1.36 bits per heavy atom. The second kappa shape index (κ2) is 5.36. The fraction of sp³-hybridized carbons (Fsp3) is 0.600. The van der Waals surface area contributed by atoms with Gasteiger partial charge in [-0.25, -0.2) is 0 Å². The Labute approximate surface area is 100 Å². The van der Waals surface area contributed by atoms with Gasteiger partial charge in [-0.1, -0.05) is 24.4 Å². The number of hydrogen-bond acceptors (Lipinski definition) is 2. The molecule has 14 heavy (non-hydrogen) atoms. The van der Waals surface area contributed by atoms with Gasteiger partial charge < -0.3 is 5.73 Å². The van der Waals surface area contributed by atoms with E-state index in [-0.39, 0.29) is 18.4 Å². The van der Waals surface area contributed by atoms with Crippen LogP contribution in [0, 0.1) is 5.92 Å². The van der Waals surface area contributed by atoms with Crippen LogP contribution in [-0.2, 0) is 0 Å². The van der Waals surface area contributed by atoms with E-state index in [0.29, 0.717) is 5.92 Å². The van der Waals surface area contributed by atoms with Crippen molar-refractivity contribution in [2.75, 3.05) is 0 Å². The Bertz CT molecular complexity index is 281. The molecule has 0 radical (unpaired) electrons. The minimum Gasteiger partial charge on any atom is -0.323 e. The Morgan fingerprint density at radius 2 is 2.00 bits per heavy atom. The van der Waals surface area contributed by atoms with Crippen LogP contribution < -0.4 is 5.73 Å². The van der Waals surface area contributed by atoms with Crippen molar-refractivity contribution in [2.24, 2.45) is 11.7 Å². The molecule has 4 heteroatoms. The average Bonchev–Trinajstić information content (AvgIpc) is 2.72. The molecule has 1 fully saturated rings. The lowest BCUT2D eigenvalue weighted by atomic mass is 9.98. The van der Waals surface area contributed by atoms with Crippen molar-refractivity contribution in [3.05, 3.63) is 21.3 Å². The SMILES string of the molecule is Cl.N[C@H](c1ccc(Cl)s1)C1CCCC1. The maximum atomic E-state index is 6.17. The molecule has 0 aromatic carbocycles. The third kappa shape index (κ3) is 2.63. The predicted octanol–water partition coefficient (Wildman–Crippen LogP) is 4.01. The van der Waals surface area contributed by atoms with Gasteiger partial charge in [0.25, 0.3) is 0 Å². The quantitative estimate of drug-likeness (QED) is 0.845. The zero-order valence-electron chi connectivity index (χ0n) is 7.91. The van der Waals surface area contributed by atoms with Crippen LogP contribution in [0.25, 0.3) is 0 Å². The molecule has 1 atom stereocenters. The molecule has 0 spiro atoms. The molecule has 1 saturated carbocycles. The number of thiophene rings is 1. The smallest absolute Gasteiger partial charge is 0.0931 e. The highest BCUT2D eigenvalue weighted by atomic mass is 35.5. The van der Waals surface area contributed by atoms with Gasteiger partial charge >= 0.3 is 0 Å². The average molecular weight is 252 g/mol. The van der Waals surface area contributed by atoms with E-state index >= 15 is 0 Å². The summed E-state index contributed by atoms with van der Waals surface area (Å²) in [6, 6.07) is 4.23. The van der Waals surface area contributed by atoms with E-state index in [1.54, 1.807) is 11.3 Å². The Hall–Kier alpha value is 0.240. The first-order chi connectivity index (χ1) is 6.27. The fourth-order valence-electron chi connectivity index (χ4n) is 2.06. The molecule has 1 heterocycles. The molecule has 80 valence electrons. The molecule has 1 aliphatic rings. The van der Waals surface area contributed by atoms with E-state index in [1.807, 2.05) is 6.07 Å². The molecular formula is C10H15Cl2NS. The van der Waals surface area contributed by atoms with E-state index in [2.05, 4.69) is 6.07 Å². The first-order valence-electron chi connectivity index (χ1n) is 4.78. The van der Waals surface area contributed by atoms with Crippen LogP contribution in [0.1, 0.15) is 36.6 Å². The second-order valence-electron chi connectivity index (χ2n) is 3.71. The van der Waals surface area contributed by atoms with Gasteiger partial charge in [0.15, 0.2) is 0 Å². The highest BCUT2D eigenvalue weighted by Crippen LogP contribution is 2.37. The summed E-state index contributed by atoms with van der Waals surface area (Å²) in [6.07, 6.45) is 5.27. The first-order valence-corrected chi connectivity index (χ1v) is 5.97. The van der Waals surface area contributed by atoms with Gasteiger partial charge in [-0.3, -0.25) is 0 Å². The number of hydrogen-bond donors (Lipinski definition) is 1. The van der Waals surface area contributed by atoms with Crippen LogP contribution in [0.4, 0.5) is 0 Å². The van der Waals surface area contributed by atoms with Gasteiger partial charge in [0, 0.05) is 10.9 Å². The van der Waals surface area contributed by atoms with Crippen molar-refractivity contribution in [1.82, 2.24) is 0 Å². The summed E-state index contributed by atoms with van der Waals surface area (Å²) in [6.45, 7) is 0. The van der Waals surface area contributed by atoms with E-state index in [9.17, 15) is 0 Å². The normalized spacial score (nSPS) is 19.3. The van der Waals surface area contributed by atoms with E-state index in [0.717, 1.165) is 4.34 Å². The van der Waals surface area contributed by atoms with Crippen LogP contribution in [0.5, 0.6) is 0 Å². The summed E-state index contributed by atoms with van der Waals surface area (Å²) >= 11 is 7.50. The molecule has 0 saturated heterocycles.